The van der Waals surface area contributed by atoms with E-state index in [1.807, 2.05) is 18.2 Å². The Morgan fingerprint density at radius 1 is 1.18 bits per heavy atom. The Bertz CT molecular complexity index is 677. The molecule has 0 fully saturated rings. The standard InChI is InChI=1S/C15H14ClN3O3/c16-11-6-7-13(14(10-11)19(21)22)17-9-8-15(20)18-12-4-2-1-3-5-12/h1-7,10,17H,8-9H2,(H,18,20). The predicted molar refractivity (Wildman–Crippen MR) is 86.3 cm³/mol. The van der Waals surface area contributed by atoms with Crippen molar-refractivity contribution in [1.29, 1.82) is 0 Å². The van der Waals surface area contributed by atoms with Gasteiger partial charge < -0.3 is 10.6 Å². The number of anilines is 2. The van der Waals surface area contributed by atoms with Gasteiger partial charge in [-0.15, -0.1) is 0 Å². The molecule has 0 saturated carbocycles. The number of amides is 1. The van der Waals surface area contributed by atoms with Crippen LogP contribution in [-0.2, 0) is 4.79 Å². The molecule has 0 atom stereocenters. The first-order valence-corrected chi connectivity index (χ1v) is 6.97. The van der Waals surface area contributed by atoms with Crippen molar-refractivity contribution in [3.63, 3.8) is 0 Å². The van der Waals surface area contributed by atoms with E-state index in [0.29, 0.717) is 16.4 Å². The van der Waals surface area contributed by atoms with Gasteiger partial charge in [-0.3, -0.25) is 14.9 Å². The summed E-state index contributed by atoms with van der Waals surface area (Å²) in [7, 11) is 0. The number of nitro groups is 1. The smallest absolute Gasteiger partial charge is 0.293 e. The summed E-state index contributed by atoms with van der Waals surface area (Å²) in [6.45, 7) is 0.279. The summed E-state index contributed by atoms with van der Waals surface area (Å²) in [5, 5.41) is 16.8. The normalized spacial score (nSPS) is 10.0. The number of carbonyl (C=O) groups is 1. The topological polar surface area (TPSA) is 84.3 Å². The molecule has 7 heteroatoms. The van der Waals surface area contributed by atoms with Gasteiger partial charge in [0.2, 0.25) is 5.91 Å². The molecule has 2 aromatic carbocycles. The Morgan fingerprint density at radius 3 is 2.59 bits per heavy atom. The van der Waals surface area contributed by atoms with Gasteiger partial charge >= 0.3 is 0 Å². The number of hydrogen-bond acceptors (Lipinski definition) is 4. The molecule has 0 saturated heterocycles. The second kappa shape index (κ2) is 7.42. The fourth-order valence-electron chi connectivity index (χ4n) is 1.86. The third kappa shape index (κ3) is 4.46. The van der Waals surface area contributed by atoms with Crippen molar-refractivity contribution in [3.05, 3.63) is 63.7 Å². The molecule has 6 nitrogen and oxygen atoms in total. The molecular weight excluding hydrogens is 306 g/mol. The number of para-hydroxylation sites is 1. The fourth-order valence-corrected chi connectivity index (χ4v) is 2.03. The van der Waals surface area contributed by atoms with Crippen molar-refractivity contribution in [1.82, 2.24) is 0 Å². The minimum Gasteiger partial charge on any atom is -0.379 e. The number of nitrogens with one attached hydrogen (secondary N) is 2. The maximum Gasteiger partial charge on any atom is 0.293 e. The van der Waals surface area contributed by atoms with Crippen LogP contribution in [0.4, 0.5) is 17.1 Å². The van der Waals surface area contributed by atoms with Gasteiger partial charge in [-0.2, -0.15) is 0 Å². The van der Waals surface area contributed by atoms with E-state index in [0.717, 1.165) is 0 Å². The SMILES string of the molecule is O=C(CCNc1ccc(Cl)cc1[N+](=O)[O-])Nc1ccccc1. The van der Waals surface area contributed by atoms with Gasteiger partial charge in [-0.1, -0.05) is 29.8 Å². The zero-order valence-electron chi connectivity index (χ0n) is 11.6. The van der Waals surface area contributed by atoms with Crippen molar-refractivity contribution in [2.75, 3.05) is 17.2 Å². The summed E-state index contributed by atoms with van der Waals surface area (Å²) in [4.78, 5) is 22.2. The second-order valence-corrected chi connectivity index (χ2v) is 4.95. The molecule has 22 heavy (non-hydrogen) atoms. The highest BCUT2D eigenvalue weighted by atomic mass is 35.5. The van der Waals surface area contributed by atoms with Crippen molar-refractivity contribution >= 4 is 34.6 Å². The Hall–Kier alpha value is -2.60. The number of benzene rings is 2. The van der Waals surface area contributed by atoms with E-state index in [1.165, 1.54) is 12.1 Å². The van der Waals surface area contributed by atoms with Crippen LogP contribution in [0.3, 0.4) is 0 Å². The Morgan fingerprint density at radius 2 is 1.91 bits per heavy atom. The van der Waals surface area contributed by atoms with Crippen LogP contribution >= 0.6 is 11.6 Å². The van der Waals surface area contributed by atoms with Gasteiger partial charge in [0.1, 0.15) is 5.69 Å². The quantitative estimate of drug-likeness (QED) is 0.628. The van der Waals surface area contributed by atoms with E-state index in [4.69, 9.17) is 11.6 Å². The lowest BCUT2D eigenvalue weighted by molar-refractivity contribution is -0.383. The lowest BCUT2D eigenvalue weighted by atomic mass is 10.2. The minimum atomic E-state index is -0.516. The van der Waals surface area contributed by atoms with Crippen LogP contribution in [0.15, 0.2) is 48.5 Å². The van der Waals surface area contributed by atoms with Gasteiger partial charge in [0.15, 0.2) is 0 Å². The number of halogens is 1. The van der Waals surface area contributed by atoms with E-state index in [2.05, 4.69) is 10.6 Å². The first-order chi connectivity index (χ1) is 10.6. The first kappa shape index (κ1) is 15.8. The van der Waals surface area contributed by atoms with Crippen LogP contribution < -0.4 is 10.6 Å². The molecule has 0 spiro atoms. The molecule has 114 valence electrons. The van der Waals surface area contributed by atoms with Gasteiger partial charge in [0.05, 0.1) is 4.92 Å². The molecule has 0 bridgehead atoms. The highest BCUT2D eigenvalue weighted by molar-refractivity contribution is 6.30. The monoisotopic (exact) mass is 319 g/mol. The van der Waals surface area contributed by atoms with E-state index >= 15 is 0 Å². The van der Waals surface area contributed by atoms with E-state index in [9.17, 15) is 14.9 Å². The largest absolute Gasteiger partial charge is 0.379 e. The minimum absolute atomic E-state index is 0.115. The molecule has 0 aliphatic rings. The van der Waals surface area contributed by atoms with Crippen LogP contribution in [0, 0.1) is 10.1 Å². The van der Waals surface area contributed by atoms with Crippen LogP contribution in [0.1, 0.15) is 6.42 Å². The number of nitrogens with zero attached hydrogens (tertiary/aromatic N) is 1. The third-order valence-corrected chi connectivity index (χ3v) is 3.12. The fraction of sp³-hybridized carbons (Fsp3) is 0.133. The second-order valence-electron chi connectivity index (χ2n) is 4.51. The van der Waals surface area contributed by atoms with Crippen LogP contribution in [-0.4, -0.2) is 17.4 Å². The van der Waals surface area contributed by atoms with Gasteiger partial charge in [-0.05, 0) is 24.3 Å². The summed E-state index contributed by atoms with van der Waals surface area (Å²) in [5.74, 6) is -0.171. The molecule has 0 aromatic heterocycles. The molecule has 2 N–H and O–H groups in total. The van der Waals surface area contributed by atoms with Gasteiger partial charge in [-0.25, -0.2) is 0 Å². The highest BCUT2D eigenvalue weighted by Crippen LogP contribution is 2.27. The Labute approximate surface area is 132 Å². The first-order valence-electron chi connectivity index (χ1n) is 6.59. The summed E-state index contributed by atoms with van der Waals surface area (Å²) in [6.07, 6.45) is 0.189. The zero-order chi connectivity index (χ0) is 15.9. The molecule has 2 rings (SSSR count). The van der Waals surface area contributed by atoms with Crippen molar-refractivity contribution in [3.8, 4) is 0 Å². The highest BCUT2D eigenvalue weighted by Gasteiger charge is 2.14. The average molecular weight is 320 g/mol. The van der Waals surface area contributed by atoms with Gasteiger partial charge in [0.25, 0.3) is 5.69 Å². The number of hydrogen-bond donors (Lipinski definition) is 2. The third-order valence-electron chi connectivity index (χ3n) is 2.88. The summed E-state index contributed by atoms with van der Waals surface area (Å²) in [6, 6.07) is 13.4. The maximum absolute atomic E-state index is 11.8. The van der Waals surface area contributed by atoms with E-state index < -0.39 is 4.92 Å². The number of carbonyl (C=O) groups excluding carboxylic acids is 1. The molecular formula is C15H14ClN3O3. The lowest BCUT2D eigenvalue weighted by Crippen LogP contribution is -2.16. The summed E-state index contributed by atoms with van der Waals surface area (Å²) in [5.41, 5.74) is 0.933. The van der Waals surface area contributed by atoms with Crippen molar-refractivity contribution in [2.24, 2.45) is 0 Å². The molecule has 0 heterocycles. The van der Waals surface area contributed by atoms with Crippen molar-refractivity contribution in [2.45, 2.75) is 6.42 Å². The van der Waals surface area contributed by atoms with Crippen LogP contribution in [0.25, 0.3) is 0 Å². The van der Waals surface area contributed by atoms with Gasteiger partial charge in [0, 0.05) is 29.7 Å². The summed E-state index contributed by atoms with van der Waals surface area (Å²) >= 11 is 5.74. The van der Waals surface area contributed by atoms with Crippen LogP contribution in [0.5, 0.6) is 0 Å². The molecule has 1 amide bonds. The maximum atomic E-state index is 11.8. The van der Waals surface area contributed by atoms with E-state index in [1.54, 1.807) is 18.2 Å². The predicted octanol–water partition coefficient (Wildman–Crippen LogP) is 3.69. The molecule has 0 aliphatic heterocycles. The Kier molecular flexibility index (Phi) is 5.32. The number of nitro benzene ring substituents is 1. The molecule has 0 radical (unpaired) electrons. The number of rotatable bonds is 6. The zero-order valence-corrected chi connectivity index (χ0v) is 12.3. The molecule has 2 aromatic rings. The van der Waals surface area contributed by atoms with E-state index in [-0.39, 0.29) is 24.6 Å². The molecule has 0 aliphatic carbocycles. The van der Waals surface area contributed by atoms with Crippen LogP contribution in [0.2, 0.25) is 5.02 Å². The average Bonchev–Trinajstić information content (AvgIpc) is 2.49. The van der Waals surface area contributed by atoms with Crippen molar-refractivity contribution < 1.29 is 9.72 Å². The molecule has 0 unspecified atom stereocenters. The summed E-state index contributed by atoms with van der Waals surface area (Å²) < 4.78 is 0. The Balaban J connectivity index is 1.89. The lowest BCUT2D eigenvalue weighted by Gasteiger charge is -2.08.